The third-order valence-electron chi connectivity index (χ3n) is 4.64. The minimum atomic E-state index is 0.252. The van der Waals surface area contributed by atoms with Crippen LogP contribution in [0.4, 0.5) is 0 Å². The number of hydrogen-bond acceptors (Lipinski definition) is 2. The molecule has 120 valence electrons. The van der Waals surface area contributed by atoms with Crippen molar-refractivity contribution in [2.24, 2.45) is 0 Å². The van der Waals surface area contributed by atoms with Gasteiger partial charge in [0.2, 0.25) is 5.91 Å². The normalized spacial score (nSPS) is 16.4. The predicted molar refractivity (Wildman–Crippen MR) is 94.1 cm³/mol. The second kappa shape index (κ2) is 6.97. The molecule has 1 aliphatic rings. The maximum atomic E-state index is 11.7. The molecule has 0 bridgehead atoms. The van der Waals surface area contributed by atoms with Gasteiger partial charge < -0.3 is 4.90 Å². The summed E-state index contributed by atoms with van der Waals surface area (Å²) < 4.78 is 0. The fourth-order valence-electron chi connectivity index (χ4n) is 3.08. The number of carbonyl (C=O) groups excluding carboxylic acids is 1. The van der Waals surface area contributed by atoms with E-state index in [0.29, 0.717) is 6.42 Å². The summed E-state index contributed by atoms with van der Waals surface area (Å²) in [7, 11) is 1.89. The molecule has 2 aromatic rings. The van der Waals surface area contributed by atoms with Gasteiger partial charge in [0, 0.05) is 39.6 Å². The maximum absolute atomic E-state index is 11.7. The molecule has 0 saturated carbocycles. The predicted octanol–water partition coefficient (Wildman–Crippen LogP) is 3.33. The molecule has 0 spiro atoms. The molecule has 3 rings (SSSR count). The van der Waals surface area contributed by atoms with Crippen LogP contribution >= 0.6 is 0 Å². The van der Waals surface area contributed by atoms with Crippen molar-refractivity contribution in [3.8, 4) is 11.1 Å². The van der Waals surface area contributed by atoms with Gasteiger partial charge in [-0.2, -0.15) is 0 Å². The van der Waals surface area contributed by atoms with Crippen LogP contribution in [0.1, 0.15) is 17.5 Å². The second-order valence-corrected chi connectivity index (χ2v) is 6.35. The molecule has 1 heterocycles. The molecule has 3 nitrogen and oxygen atoms in total. The first-order valence-corrected chi connectivity index (χ1v) is 8.25. The van der Waals surface area contributed by atoms with Crippen LogP contribution in [-0.4, -0.2) is 42.4 Å². The molecule has 1 fully saturated rings. The number of carbonyl (C=O) groups is 1. The van der Waals surface area contributed by atoms with Crippen molar-refractivity contribution >= 4 is 5.91 Å². The first-order valence-electron chi connectivity index (χ1n) is 8.25. The number of rotatable bonds is 3. The maximum Gasteiger partial charge on any atom is 0.223 e. The van der Waals surface area contributed by atoms with Crippen molar-refractivity contribution in [1.82, 2.24) is 9.80 Å². The summed E-state index contributed by atoms with van der Waals surface area (Å²) in [6.45, 7) is 5.67. The smallest absolute Gasteiger partial charge is 0.223 e. The van der Waals surface area contributed by atoms with E-state index in [4.69, 9.17) is 0 Å². The highest BCUT2D eigenvalue weighted by Gasteiger charge is 2.17. The number of benzene rings is 2. The number of amides is 1. The van der Waals surface area contributed by atoms with Crippen molar-refractivity contribution in [1.29, 1.82) is 0 Å². The summed E-state index contributed by atoms with van der Waals surface area (Å²) >= 11 is 0. The Morgan fingerprint density at radius 3 is 2.43 bits per heavy atom. The molecule has 1 aliphatic heterocycles. The quantitative estimate of drug-likeness (QED) is 0.868. The molecule has 0 radical (unpaired) electrons. The zero-order chi connectivity index (χ0) is 16.2. The van der Waals surface area contributed by atoms with E-state index in [1.807, 2.05) is 11.9 Å². The van der Waals surface area contributed by atoms with E-state index >= 15 is 0 Å². The number of aryl methyl sites for hydroxylation is 1. The van der Waals surface area contributed by atoms with Crippen molar-refractivity contribution < 1.29 is 4.79 Å². The summed E-state index contributed by atoms with van der Waals surface area (Å²) in [4.78, 5) is 15.9. The molecule has 23 heavy (non-hydrogen) atoms. The number of likely N-dealkylation sites (N-methyl/N-ethyl adjacent to an activating group) is 1. The van der Waals surface area contributed by atoms with Gasteiger partial charge in [0.1, 0.15) is 0 Å². The lowest BCUT2D eigenvalue weighted by molar-refractivity contribution is -0.129. The number of hydrogen-bond donors (Lipinski definition) is 0. The van der Waals surface area contributed by atoms with E-state index in [9.17, 15) is 4.79 Å². The molecule has 1 amide bonds. The SMILES string of the molecule is Cc1ccccc1-c1ccc(CN2CCC(=O)N(C)CC2)cc1. The molecular weight excluding hydrogens is 284 g/mol. The van der Waals surface area contributed by atoms with Crippen LogP contribution in [0, 0.1) is 6.92 Å². The van der Waals surface area contributed by atoms with E-state index in [0.717, 1.165) is 26.2 Å². The van der Waals surface area contributed by atoms with Gasteiger partial charge in [-0.05, 0) is 29.2 Å². The first kappa shape index (κ1) is 15.8. The lowest BCUT2D eigenvalue weighted by atomic mass is 9.99. The Morgan fingerprint density at radius 1 is 0.957 bits per heavy atom. The molecule has 0 N–H and O–H groups in total. The van der Waals surface area contributed by atoms with Crippen LogP contribution < -0.4 is 0 Å². The fraction of sp³-hybridized carbons (Fsp3) is 0.350. The Kier molecular flexibility index (Phi) is 4.77. The lowest BCUT2D eigenvalue weighted by Crippen LogP contribution is -2.29. The van der Waals surface area contributed by atoms with Gasteiger partial charge in [0.25, 0.3) is 0 Å². The topological polar surface area (TPSA) is 23.6 Å². The van der Waals surface area contributed by atoms with Gasteiger partial charge in [-0.1, -0.05) is 48.5 Å². The molecule has 0 aromatic heterocycles. The van der Waals surface area contributed by atoms with Crippen molar-refractivity contribution in [2.45, 2.75) is 19.9 Å². The first-order chi connectivity index (χ1) is 11.1. The molecule has 0 unspecified atom stereocenters. The van der Waals surface area contributed by atoms with E-state index in [1.165, 1.54) is 22.3 Å². The van der Waals surface area contributed by atoms with Gasteiger partial charge >= 0.3 is 0 Å². The van der Waals surface area contributed by atoms with E-state index in [2.05, 4.69) is 60.4 Å². The minimum absolute atomic E-state index is 0.252. The standard InChI is InChI=1S/C20H24N2O/c1-16-5-3-4-6-19(16)18-9-7-17(8-10-18)15-22-12-11-20(23)21(2)13-14-22/h3-10H,11-15H2,1-2H3. The molecule has 2 aromatic carbocycles. The van der Waals surface area contributed by atoms with Crippen molar-refractivity contribution in [3.63, 3.8) is 0 Å². The van der Waals surface area contributed by atoms with E-state index in [-0.39, 0.29) is 5.91 Å². The largest absolute Gasteiger partial charge is 0.344 e. The summed E-state index contributed by atoms with van der Waals surface area (Å²) in [5.41, 5.74) is 5.16. The highest BCUT2D eigenvalue weighted by Crippen LogP contribution is 2.23. The Balaban J connectivity index is 1.68. The zero-order valence-corrected chi connectivity index (χ0v) is 14.0. The zero-order valence-electron chi connectivity index (χ0n) is 14.0. The van der Waals surface area contributed by atoms with Crippen LogP contribution in [0.15, 0.2) is 48.5 Å². The van der Waals surface area contributed by atoms with Crippen molar-refractivity contribution in [3.05, 3.63) is 59.7 Å². The van der Waals surface area contributed by atoms with Crippen molar-refractivity contribution in [2.75, 3.05) is 26.7 Å². The van der Waals surface area contributed by atoms with Gasteiger partial charge in [-0.25, -0.2) is 0 Å². The van der Waals surface area contributed by atoms with Crippen LogP contribution in [-0.2, 0) is 11.3 Å². The fourth-order valence-corrected chi connectivity index (χ4v) is 3.08. The van der Waals surface area contributed by atoms with Gasteiger partial charge in [0.05, 0.1) is 0 Å². The average molecular weight is 308 g/mol. The van der Waals surface area contributed by atoms with Gasteiger partial charge in [-0.15, -0.1) is 0 Å². The van der Waals surface area contributed by atoms with Crippen LogP contribution in [0.3, 0.4) is 0 Å². The Morgan fingerprint density at radius 2 is 1.70 bits per heavy atom. The van der Waals surface area contributed by atoms with Crippen LogP contribution in [0.5, 0.6) is 0 Å². The molecular formula is C20H24N2O. The summed E-state index contributed by atoms with van der Waals surface area (Å²) in [6, 6.07) is 17.3. The molecule has 0 aliphatic carbocycles. The summed E-state index contributed by atoms with van der Waals surface area (Å²) in [6.07, 6.45) is 0.623. The Labute approximate surface area is 138 Å². The van der Waals surface area contributed by atoms with E-state index < -0.39 is 0 Å². The molecule has 1 saturated heterocycles. The third kappa shape index (κ3) is 3.80. The lowest BCUT2D eigenvalue weighted by Gasteiger charge is -2.20. The monoisotopic (exact) mass is 308 g/mol. The summed E-state index contributed by atoms with van der Waals surface area (Å²) in [5.74, 6) is 0.252. The van der Waals surface area contributed by atoms with E-state index in [1.54, 1.807) is 0 Å². The Hall–Kier alpha value is -2.13. The average Bonchev–Trinajstić information content (AvgIpc) is 2.72. The highest BCUT2D eigenvalue weighted by molar-refractivity contribution is 5.76. The third-order valence-corrected chi connectivity index (χ3v) is 4.64. The second-order valence-electron chi connectivity index (χ2n) is 6.35. The molecule has 3 heteroatoms. The van der Waals surface area contributed by atoms with Crippen LogP contribution in [0.25, 0.3) is 11.1 Å². The van der Waals surface area contributed by atoms with Gasteiger partial charge in [0.15, 0.2) is 0 Å². The van der Waals surface area contributed by atoms with Gasteiger partial charge in [-0.3, -0.25) is 9.69 Å². The highest BCUT2D eigenvalue weighted by atomic mass is 16.2. The minimum Gasteiger partial charge on any atom is -0.344 e. The Bertz CT molecular complexity index is 678. The number of nitrogens with zero attached hydrogens (tertiary/aromatic N) is 2. The molecule has 0 atom stereocenters. The van der Waals surface area contributed by atoms with Crippen LogP contribution in [0.2, 0.25) is 0 Å². The summed E-state index contributed by atoms with van der Waals surface area (Å²) in [5, 5.41) is 0.